The molecule has 1 heterocycles. The van der Waals surface area contributed by atoms with Crippen molar-refractivity contribution >= 4 is 41.0 Å². The molecular weight excluding hydrogens is 285 g/mol. The van der Waals surface area contributed by atoms with Gasteiger partial charge in [-0.05, 0) is 36.8 Å². The number of halogens is 2. The highest BCUT2D eigenvalue weighted by Gasteiger charge is 2.03. The maximum atomic E-state index is 11.7. The van der Waals surface area contributed by atoms with E-state index in [9.17, 15) is 4.79 Å². The van der Waals surface area contributed by atoms with Crippen LogP contribution in [-0.4, -0.2) is 16.1 Å². The summed E-state index contributed by atoms with van der Waals surface area (Å²) >= 11 is 11.9. The van der Waals surface area contributed by atoms with Crippen LogP contribution < -0.4 is 5.32 Å². The monoisotopic (exact) mass is 295 g/mol. The van der Waals surface area contributed by atoms with E-state index >= 15 is 0 Å². The number of H-pyrrole nitrogens is 1. The Morgan fingerprint density at radius 3 is 2.89 bits per heavy atom. The molecule has 0 spiro atoms. The van der Waals surface area contributed by atoms with Gasteiger partial charge in [-0.25, -0.2) is 0 Å². The Labute approximate surface area is 120 Å². The van der Waals surface area contributed by atoms with Gasteiger partial charge >= 0.3 is 0 Å². The predicted molar refractivity (Wildman–Crippen MR) is 77.5 cm³/mol. The van der Waals surface area contributed by atoms with Crippen LogP contribution in [0.15, 0.2) is 30.5 Å². The van der Waals surface area contributed by atoms with Crippen molar-refractivity contribution in [2.75, 3.05) is 5.32 Å². The normalized spacial score (nSPS) is 10.9. The van der Waals surface area contributed by atoms with Crippen LogP contribution in [0.3, 0.4) is 0 Å². The fourth-order valence-corrected chi connectivity index (χ4v) is 1.81. The molecule has 1 aromatic carbocycles. The largest absolute Gasteiger partial charge is 0.307 e. The smallest absolute Gasteiger partial charge is 0.249 e. The average molecular weight is 296 g/mol. The minimum Gasteiger partial charge on any atom is -0.307 e. The van der Waals surface area contributed by atoms with E-state index in [1.807, 2.05) is 6.92 Å². The molecule has 0 radical (unpaired) electrons. The van der Waals surface area contributed by atoms with Crippen LogP contribution in [0.25, 0.3) is 6.08 Å². The summed E-state index contributed by atoms with van der Waals surface area (Å²) in [5, 5.41) is 10.3. The van der Waals surface area contributed by atoms with Gasteiger partial charge in [-0.3, -0.25) is 9.89 Å². The standard InChI is InChI=1S/C13H11Cl2N3O/c1-8-7-16-18-13(8)17-12(19)5-2-9-6-10(14)3-4-11(9)15/h2-7H,1H3,(H2,16,17,18,19)/b5-2+. The lowest BCUT2D eigenvalue weighted by Crippen LogP contribution is -2.08. The molecule has 1 aromatic heterocycles. The number of aromatic nitrogens is 2. The highest BCUT2D eigenvalue weighted by Crippen LogP contribution is 2.21. The molecule has 0 bridgehead atoms. The zero-order valence-corrected chi connectivity index (χ0v) is 11.6. The van der Waals surface area contributed by atoms with Crippen molar-refractivity contribution in [1.29, 1.82) is 0 Å². The van der Waals surface area contributed by atoms with E-state index in [4.69, 9.17) is 23.2 Å². The third kappa shape index (κ3) is 3.59. The third-order valence-electron chi connectivity index (χ3n) is 2.45. The van der Waals surface area contributed by atoms with E-state index in [0.29, 0.717) is 21.4 Å². The number of aromatic amines is 1. The van der Waals surface area contributed by atoms with Gasteiger partial charge in [0.2, 0.25) is 5.91 Å². The van der Waals surface area contributed by atoms with Crippen molar-refractivity contribution in [2.45, 2.75) is 6.92 Å². The van der Waals surface area contributed by atoms with Crippen molar-refractivity contribution in [1.82, 2.24) is 10.2 Å². The summed E-state index contributed by atoms with van der Waals surface area (Å²) in [6.45, 7) is 1.84. The Hall–Kier alpha value is -1.78. The van der Waals surface area contributed by atoms with Crippen LogP contribution in [0.2, 0.25) is 10.0 Å². The van der Waals surface area contributed by atoms with Gasteiger partial charge < -0.3 is 5.32 Å². The molecule has 0 atom stereocenters. The maximum Gasteiger partial charge on any atom is 0.249 e. The first-order chi connectivity index (χ1) is 9.06. The fraction of sp³-hybridized carbons (Fsp3) is 0.0769. The van der Waals surface area contributed by atoms with E-state index in [2.05, 4.69) is 15.5 Å². The molecule has 0 aliphatic heterocycles. The predicted octanol–water partition coefficient (Wildman–Crippen LogP) is 3.68. The number of hydrogen-bond acceptors (Lipinski definition) is 2. The van der Waals surface area contributed by atoms with Crippen LogP contribution in [0.4, 0.5) is 5.82 Å². The Bertz CT molecular complexity index is 635. The molecule has 6 heteroatoms. The highest BCUT2D eigenvalue weighted by atomic mass is 35.5. The van der Waals surface area contributed by atoms with E-state index in [-0.39, 0.29) is 5.91 Å². The Morgan fingerprint density at radius 1 is 1.42 bits per heavy atom. The van der Waals surface area contributed by atoms with E-state index in [1.54, 1.807) is 30.5 Å². The molecule has 0 fully saturated rings. The lowest BCUT2D eigenvalue weighted by Gasteiger charge is -2.00. The van der Waals surface area contributed by atoms with Crippen molar-refractivity contribution in [3.05, 3.63) is 51.6 Å². The van der Waals surface area contributed by atoms with Crippen LogP contribution in [0.1, 0.15) is 11.1 Å². The number of carbonyl (C=O) groups excluding carboxylic acids is 1. The van der Waals surface area contributed by atoms with Gasteiger partial charge in [0.25, 0.3) is 0 Å². The molecule has 4 nitrogen and oxygen atoms in total. The van der Waals surface area contributed by atoms with Crippen molar-refractivity contribution < 1.29 is 4.79 Å². The molecule has 19 heavy (non-hydrogen) atoms. The van der Waals surface area contributed by atoms with Crippen molar-refractivity contribution in [2.24, 2.45) is 0 Å². The number of rotatable bonds is 3. The number of hydrogen-bond donors (Lipinski definition) is 2. The van der Waals surface area contributed by atoms with Gasteiger partial charge in [0, 0.05) is 21.7 Å². The van der Waals surface area contributed by atoms with Gasteiger partial charge in [0.15, 0.2) is 0 Å². The molecule has 0 unspecified atom stereocenters. The third-order valence-corrected chi connectivity index (χ3v) is 3.03. The summed E-state index contributed by atoms with van der Waals surface area (Å²) in [7, 11) is 0. The quantitative estimate of drug-likeness (QED) is 0.849. The molecule has 2 rings (SSSR count). The Balaban J connectivity index is 2.08. The average Bonchev–Trinajstić information content (AvgIpc) is 2.76. The molecule has 0 saturated carbocycles. The maximum absolute atomic E-state index is 11.7. The van der Waals surface area contributed by atoms with E-state index in [0.717, 1.165) is 5.56 Å². The highest BCUT2D eigenvalue weighted by molar-refractivity contribution is 6.34. The zero-order valence-electron chi connectivity index (χ0n) is 10.1. The molecule has 2 N–H and O–H groups in total. The minimum absolute atomic E-state index is 0.275. The second kappa shape index (κ2) is 5.91. The number of nitrogens with zero attached hydrogens (tertiary/aromatic N) is 1. The van der Waals surface area contributed by atoms with E-state index < -0.39 is 0 Å². The van der Waals surface area contributed by atoms with Gasteiger partial charge in [0.05, 0.1) is 6.20 Å². The molecule has 0 aliphatic carbocycles. The Kier molecular flexibility index (Phi) is 4.24. The van der Waals surface area contributed by atoms with Gasteiger partial charge in [-0.2, -0.15) is 5.10 Å². The topological polar surface area (TPSA) is 57.8 Å². The lowest BCUT2D eigenvalue weighted by atomic mass is 10.2. The Morgan fingerprint density at radius 2 is 2.21 bits per heavy atom. The molecule has 0 aliphatic rings. The number of aryl methyl sites for hydroxylation is 1. The minimum atomic E-state index is -0.275. The molecule has 1 amide bonds. The lowest BCUT2D eigenvalue weighted by molar-refractivity contribution is -0.111. The number of anilines is 1. The van der Waals surface area contributed by atoms with Gasteiger partial charge in [-0.1, -0.05) is 23.2 Å². The van der Waals surface area contributed by atoms with Crippen LogP contribution >= 0.6 is 23.2 Å². The first-order valence-corrected chi connectivity index (χ1v) is 6.26. The van der Waals surface area contributed by atoms with Gasteiger partial charge in [0.1, 0.15) is 5.82 Å². The van der Waals surface area contributed by atoms with Crippen molar-refractivity contribution in [3.8, 4) is 0 Å². The first kappa shape index (κ1) is 13.6. The van der Waals surface area contributed by atoms with Gasteiger partial charge in [-0.15, -0.1) is 0 Å². The second-order valence-electron chi connectivity index (χ2n) is 3.92. The summed E-state index contributed by atoms with van der Waals surface area (Å²) < 4.78 is 0. The van der Waals surface area contributed by atoms with Crippen LogP contribution in [0, 0.1) is 6.92 Å². The summed E-state index contributed by atoms with van der Waals surface area (Å²) in [4.78, 5) is 11.7. The van der Waals surface area contributed by atoms with Crippen LogP contribution in [-0.2, 0) is 4.79 Å². The summed E-state index contributed by atoms with van der Waals surface area (Å²) in [5.41, 5.74) is 1.55. The summed E-state index contributed by atoms with van der Waals surface area (Å²) in [5.74, 6) is 0.301. The van der Waals surface area contributed by atoms with Crippen LogP contribution in [0.5, 0.6) is 0 Å². The van der Waals surface area contributed by atoms with Crippen molar-refractivity contribution in [3.63, 3.8) is 0 Å². The molecule has 2 aromatic rings. The molecule has 98 valence electrons. The SMILES string of the molecule is Cc1cn[nH]c1NC(=O)/C=C/c1cc(Cl)ccc1Cl. The number of nitrogens with one attached hydrogen (secondary N) is 2. The van der Waals surface area contributed by atoms with E-state index in [1.165, 1.54) is 6.08 Å². The fourth-order valence-electron chi connectivity index (χ4n) is 1.45. The zero-order chi connectivity index (χ0) is 13.8. The summed E-state index contributed by atoms with van der Waals surface area (Å²) in [6, 6.07) is 5.06. The first-order valence-electron chi connectivity index (χ1n) is 5.50. The summed E-state index contributed by atoms with van der Waals surface area (Å²) in [6.07, 6.45) is 4.63. The number of carbonyl (C=O) groups is 1. The molecule has 0 saturated heterocycles. The number of amides is 1. The second-order valence-corrected chi connectivity index (χ2v) is 4.76. The number of benzene rings is 1. The molecular formula is C13H11Cl2N3O.